The molecule has 0 aromatic carbocycles. The lowest BCUT2D eigenvalue weighted by Gasteiger charge is -2.42. The molecule has 0 bridgehead atoms. The normalized spacial score (nSPS) is 18.1. The molecule has 238 valence electrons. The summed E-state index contributed by atoms with van der Waals surface area (Å²) < 4.78 is 227. The largest absolute Gasteiger partial charge is 0.463 e. The van der Waals surface area contributed by atoms with Crippen molar-refractivity contribution in [2.45, 2.75) is 78.5 Å². The molecule has 24 heteroatoms. The Morgan fingerprint density at radius 3 is 1.30 bits per heavy atom. The Labute approximate surface area is 208 Å². The Kier molecular flexibility index (Phi) is 10.6. The number of carbonyl (C=O) groups is 2. The summed E-state index contributed by atoms with van der Waals surface area (Å²) in [6.45, 7) is -2.42. The number of aliphatic hydroxyl groups excluding tert-OH is 4. The van der Waals surface area contributed by atoms with Crippen LogP contribution in [0.4, 0.5) is 74.6 Å². The average Bonchev–Trinajstić information content (AvgIpc) is 2.80. The standard InChI is InChI=1S/C16H13F17O7/c17-9(18,1-2-40-8(39)7(38)6(37)5(36)4(35)3-34)10(19,20)11(21,22)12(23,24)13(25,26)14(27,28)15(29,30)16(31,32)33/h3-7,35-38H,1-2H2/t4-,5+,6+,7-/m0/s1. The summed E-state index contributed by atoms with van der Waals surface area (Å²) >= 11 is 0. The highest BCUT2D eigenvalue weighted by molar-refractivity contribution is 5.75. The first-order valence-corrected chi connectivity index (χ1v) is 9.40. The minimum absolute atomic E-state index is 0.492. The Bertz CT molecular complexity index is 905. The number of alkyl halides is 17. The van der Waals surface area contributed by atoms with E-state index in [1.165, 1.54) is 0 Å². The van der Waals surface area contributed by atoms with Gasteiger partial charge in [0.15, 0.2) is 12.4 Å². The maximum absolute atomic E-state index is 13.7. The van der Waals surface area contributed by atoms with Crippen molar-refractivity contribution >= 4 is 12.3 Å². The van der Waals surface area contributed by atoms with E-state index in [-0.39, 0.29) is 0 Å². The van der Waals surface area contributed by atoms with Gasteiger partial charge in [-0.1, -0.05) is 0 Å². The number of hydrogen-bond acceptors (Lipinski definition) is 7. The molecule has 0 aliphatic carbocycles. The average molecular weight is 640 g/mol. The number of esters is 1. The Morgan fingerprint density at radius 2 is 0.950 bits per heavy atom. The predicted molar refractivity (Wildman–Crippen MR) is 86.4 cm³/mol. The van der Waals surface area contributed by atoms with Crippen LogP contribution in [0.2, 0.25) is 0 Å². The van der Waals surface area contributed by atoms with Crippen molar-refractivity contribution in [1.29, 1.82) is 0 Å². The van der Waals surface area contributed by atoms with E-state index in [9.17, 15) is 94.4 Å². The molecule has 0 spiro atoms. The first-order valence-electron chi connectivity index (χ1n) is 9.40. The number of hydrogen-bond donors (Lipinski definition) is 4. The molecule has 7 nitrogen and oxygen atoms in total. The zero-order valence-electron chi connectivity index (χ0n) is 18.2. The van der Waals surface area contributed by atoms with Crippen LogP contribution in [0, 0.1) is 0 Å². The van der Waals surface area contributed by atoms with E-state index in [1.807, 2.05) is 0 Å². The molecule has 0 aliphatic heterocycles. The third kappa shape index (κ3) is 5.89. The lowest BCUT2D eigenvalue weighted by Crippen LogP contribution is -2.74. The minimum Gasteiger partial charge on any atom is -0.463 e. The van der Waals surface area contributed by atoms with Crippen molar-refractivity contribution in [3.05, 3.63) is 0 Å². The molecule has 0 saturated carbocycles. The van der Waals surface area contributed by atoms with Crippen LogP contribution in [0.1, 0.15) is 6.42 Å². The SMILES string of the molecule is O=C[C@H](O)[C@@H](O)[C@@H](O)[C@H](O)C(=O)OCCC(F)(F)C(F)(F)C(F)(F)C(F)(F)C(F)(F)C(F)(F)C(F)(F)C(F)(F)F. The molecule has 40 heavy (non-hydrogen) atoms. The van der Waals surface area contributed by atoms with Gasteiger partial charge in [-0.05, 0) is 0 Å². The monoisotopic (exact) mass is 640 g/mol. The summed E-state index contributed by atoms with van der Waals surface area (Å²) in [6, 6.07) is 0. The smallest absolute Gasteiger partial charge is 0.460 e. The van der Waals surface area contributed by atoms with Gasteiger partial charge in [-0.15, -0.1) is 0 Å². The maximum Gasteiger partial charge on any atom is 0.460 e. The van der Waals surface area contributed by atoms with Gasteiger partial charge in [-0.25, -0.2) is 4.79 Å². The van der Waals surface area contributed by atoms with Crippen LogP contribution in [-0.4, -0.2) is 111 Å². The van der Waals surface area contributed by atoms with E-state index in [4.69, 9.17) is 10.2 Å². The van der Waals surface area contributed by atoms with Crippen molar-refractivity contribution in [3.63, 3.8) is 0 Å². The van der Waals surface area contributed by atoms with E-state index >= 15 is 0 Å². The number of ether oxygens (including phenoxy) is 1. The summed E-state index contributed by atoms with van der Waals surface area (Å²) in [5.41, 5.74) is 0. The number of carbonyl (C=O) groups excluding carboxylic acids is 2. The van der Waals surface area contributed by atoms with Gasteiger partial charge in [-0.2, -0.15) is 74.6 Å². The minimum atomic E-state index is -8.80. The lowest BCUT2D eigenvalue weighted by molar-refractivity contribution is -0.461. The van der Waals surface area contributed by atoms with Crippen LogP contribution in [0.3, 0.4) is 0 Å². The number of aliphatic hydroxyl groups is 4. The van der Waals surface area contributed by atoms with Crippen molar-refractivity contribution in [3.8, 4) is 0 Å². The molecule has 0 heterocycles. The summed E-state index contributed by atoms with van der Waals surface area (Å²) in [5.74, 6) is -60.4. The van der Waals surface area contributed by atoms with Gasteiger partial charge >= 0.3 is 53.6 Å². The fourth-order valence-electron chi connectivity index (χ4n) is 2.33. The number of rotatable bonds is 14. The second-order valence-electron chi connectivity index (χ2n) is 7.62. The maximum atomic E-state index is 13.7. The summed E-state index contributed by atoms with van der Waals surface area (Å²) in [6.07, 6.45) is -22.8. The molecule has 0 fully saturated rings. The molecule has 4 atom stereocenters. The molecule has 0 radical (unpaired) electrons. The molecule has 0 amide bonds. The zero-order chi connectivity index (χ0) is 32.7. The quantitative estimate of drug-likeness (QED) is 0.131. The Balaban J connectivity index is 6.07. The number of halogens is 17. The first-order chi connectivity index (χ1) is 17.3. The number of aldehydes is 1. The summed E-state index contributed by atoms with van der Waals surface area (Å²) in [4.78, 5) is 21.6. The fourth-order valence-corrected chi connectivity index (χ4v) is 2.33. The molecule has 4 N–H and O–H groups in total. The van der Waals surface area contributed by atoms with Crippen LogP contribution in [0.15, 0.2) is 0 Å². The Hall–Kier alpha value is -2.21. The molecule has 0 aromatic heterocycles. The van der Waals surface area contributed by atoms with Crippen LogP contribution in [0.5, 0.6) is 0 Å². The van der Waals surface area contributed by atoms with E-state index in [1.54, 1.807) is 0 Å². The molecule has 0 saturated heterocycles. The van der Waals surface area contributed by atoms with Crippen LogP contribution < -0.4 is 0 Å². The third-order valence-electron chi connectivity index (χ3n) is 4.85. The summed E-state index contributed by atoms with van der Waals surface area (Å²) in [5, 5.41) is 36.6. The van der Waals surface area contributed by atoms with Gasteiger partial charge in [0, 0.05) is 0 Å². The molecule has 0 rings (SSSR count). The van der Waals surface area contributed by atoms with Crippen molar-refractivity contribution in [2.24, 2.45) is 0 Å². The highest BCUT2D eigenvalue weighted by atomic mass is 19.4. The second-order valence-corrected chi connectivity index (χ2v) is 7.62. The van der Waals surface area contributed by atoms with Crippen LogP contribution >= 0.6 is 0 Å². The third-order valence-corrected chi connectivity index (χ3v) is 4.85. The molecular formula is C16H13F17O7. The van der Waals surface area contributed by atoms with Crippen molar-refractivity contribution in [2.75, 3.05) is 6.61 Å². The van der Waals surface area contributed by atoms with Crippen molar-refractivity contribution in [1.82, 2.24) is 0 Å². The van der Waals surface area contributed by atoms with Crippen LogP contribution in [0.25, 0.3) is 0 Å². The van der Waals surface area contributed by atoms with Gasteiger partial charge in [-0.3, -0.25) is 0 Å². The van der Waals surface area contributed by atoms with Crippen molar-refractivity contribution < 1.29 is 109 Å². The van der Waals surface area contributed by atoms with E-state index in [0.29, 0.717) is 0 Å². The van der Waals surface area contributed by atoms with E-state index < -0.39 is 97.3 Å². The highest BCUT2D eigenvalue weighted by Gasteiger charge is 2.95. The van der Waals surface area contributed by atoms with E-state index in [0.717, 1.165) is 0 Å². The highest BCUT2D eigenvalue weighted by Crippen LogP contribution is 2.64. The molecular weight excluding hydrogens is 627 g/mol. The van der Waals surface area contributed by atoms with Gasteiger partial charge in [0.05, 0.1) is 13.0 Å². The van der Waals surface area contributed by atoms with Gasteiger partial charge < -0.3 is 30.0 Å². The van der Waals surface area contributed by atoms with E-state index in [2.05, 4.69) is 4.74 Å². The first kappa shape index (κ1) is 37.8. The topological polar surface area (TPSA) is 124 Å². The van der Waals surface area contributed by atoms with Crippen LogP contribution in [-0.2, 0) is 14.3 Å². The van der Waals surface area contributed by atoms with Gasteiger partial charge in [0.25, 0.3) is 0 Å². The van der Waals surface area contributed by atoms with Gasteiger partial charge in [0.2, 0.25) is 0 Å². The summed E-state index contributed by atoms with van der Waals surface area (Å²) in [7, 11) is 0. The predicted octanol–water partition coefficient (Wildman–Crippen LogP) is 2.57. The zero-order valence-corrected chi connectivity index (χ0v) is 18.2. The van der Waals surface area contributed by atoms with Gasteiger partial charge in [0.1, 0.15) is 18.3 Å². The molecule has 0 unspecified atom stereocenters. The Morgan fingerprint density at radius 1 is 0.600 bits per heavy atom. The molecule has 0 aliphatic rings. The second kappa shape index (κ2) is 11.2. The lowest BCUT2D eigenvalue weighted by atomic mass is 9.88. The fraction of sp³-hybridized carbons (Fsp3) is 0.875. The molecule has 0 aromatic rings.